The van der Waals surface area contributed by atoms with E-state index in [1.54, 1.807) is 7.11 Å². The summed E-state index contributed by atoms with van der Waals surface area (Å²) in [6.07, 6.45) is -0.440. The van der Waals surface area contributed by atoms with Crippen molar-refractivity contribution in [2.24, 2.45) is 0 Å². The maximum Gasteiger partial charge on any atom is 0.276 e. The van der Waals surface area contributed by atoms with E-state index in [2.05, 4.69) is 15.1 Å². The molecule has 0 aliphatic carbocycles. The number of aromatic nitrogens is 2. The molecule has 0 amide bonds. The minimum absolute atomic E-state index is 0.440. The molecule has 1 aliphatic heterocycles. The second kappa shape index (κ2) is 8.48. The summed E-state index contributed by atoms with van der Waals surface area (Å²) in [5.41, 5.74) is 0.837. The number of aliphatic hydroxyl groups is 1. The van der Waals surface area contributed by atoms with Gasteiger partial charge in [0.25, 0.3) is 5.22 Å². The number of hydrogen-bond donors (Lipinski definition) is 1. The Morgan fingerprint density at radius 3 is 2.71 bits per heavy atom. The number of benzene rings is 1. The molecule has 0 bridgehead atoms. The topological polar surface area (TPSA) is 80.9 Å². The molecule has 2 heterocycles. The van der Waals surface area contributed by atoms with E-state index in [-0.39, 0.29) is 0 Å². The molecule has 24 heavy (non-hydrogen) atoms. The Kier molecular flexibility index (Phi) is 6.08. The van der Waals surface area contributed by atoms with Crippen LogP contribution in [0.1, 0.15) is 0 Å². The van der Waals surface area contributed by atoms with Crippen LogP contribution < -0.4 is 4.74 Å². The zero-order valence-corrected chi connectivity index (χ0v) is 14.4. The molecule has 0 spiro atoms. The second-order valence-electron chi connectivity index (χ2n) is 5.48. The van der Waals surface area contributed by atoms with Crippen LogP contribution in [0.5, 0.6) is 5.75 Å². The first-order valence-corrected chi connectivity index (χ1v) is 8.82. The van der Waals surface area contributed by atoms with Gasteiger partial charge in [0.05, 0.1) is 26.4 Å². The highest BCUT2D eigenvalue weighted by Crippen LogP contribution is 2.25. The van der Waals surface area contributed by atoms with E-state index in [4.69, 9.17) is 13.9 Å². The zero-order valence-electron chi connectivity index (χ0n) is 13.6. The van der Waals surface area contributed by atoms with Gasteiger partial charge in [0.2, 0.25) is 5.89 Å². The highest BCUT2D eigenvalue weighted by Gasteiger charge is 2.16. The summed E-state index contributed by atoms with van der Waals surface area (Å²) < 4.78 is 16.1. The first-order valence-electron chi connectivity index (χ1n) is 7.83. The van der Waals surface area contributed by atoms with Crippen molar-refractivity contribution in [3.63, 3.8) is 0 Å². The number of ether oxygens (including phenoxy) is 2. The molecule has 0 unspecified atom stereocenters. The number of nitrogens with zero attached hydrogens (tertiary/aromatic N) is 3. The molecular formula is C16H21N3O4S. The molecule has 1 aromatic carbocycles. The summed E-state index contributed by atoms with van der Waals surface area (Å²) in [6.45, 7) is 3.83. The van der Waals surface area contributed by atoms with E-state index in [1.165, 1.54) is 11.8 Å². The van der Waals surface area contributed by atoms with Gasteiger partial charge in [0.15, 0.2) is 0 Å². The first kappa shape index (κ1) is 17.2. The lowest BCUT2D eigenvalue weighted by atomic mass is 10.2. The van der Waals surface area contributed by atoms with E-state index in [0.29, 0.717) is 23.4 Å². The summed E-state index contributed by atoms with van der Waals surface area (Å²) in [5, 5.41) is 18.7. The lowest BCUT2D eigenvalue weighted by molar-refractivity contribution is 0.0188. The van der Waals surface area contributed by atoms with Gasteiger partial charge in [0, 0.05) is 31.0 Å². The monoisotopic (exact) mass is 351 g/mol. The van der Waals surface area contributed by atoms with Gasteiger partial charge >= 0.3 is 0 Å². The summed E-state index contributed by atoms with van der Waals surface area (Å²) in [6, 6.07) is 7.43. The summed E-state index contributed by atoms with van der Waals surface area (Å²) in [4.78, 5) is 2.20. The lowest BCUT2D eigenvalue weighted by Crippen LogP contribution is -2.41. The molecule has 0 saturated carbocycles. The highest BCUT2D eigenvalue weighted by molar-refractivity contribution is 7.99. The third-order valence-electron chi connectivity index (χ3n) is 3.72. The van der Waals surface area contributed by atoms with Crippen molar-refractivity contribution in [2.75, 3.05) is 45.7 Å². The van der Waals surface area contributed by atoms with Gasteiger partial charge in [-0.25, -0.2) is 0 Å². The van der Waals surface area contributed by atoms with Crippen molar-refractivity contribution < 1.29 is 19.0 Å². The van der Waals surface area contributed by atoms with Crippen LogP contribution in [0.15, 0.2) is 33.9 Å². The molecule has 130 valence electrons. The number of aliphatic hydroxyl groups excluding tert-OH is 1. The van der Waals surface area contributed by atoms with Crippen LogP contribution in [0.3, 0.4) is 0 Å². The van der Waals surface area contributed by atoms with Crippen molar-refractivity contribution in [3.05, 3.63) is 24.3 Å². The fourth-order valence-electron chi connectivity index (χ4n) is 2.42. The maximum atomic E-state index is 10.1. The predicted octanol–water partition coefficient (Wildman–Crippen LogP) is 1.53. The summed E-state index contributed by atoms with van der Waals surface area (Å²) in [7, 11) is 1.62. The number of rotatable bonds is 7. The largest absolute Gasteiger partial charge is 0.497 e. The molecule has 0 radical (unpaired) electrons. The molecule has 1 saturated heterocycles. The number of β-amino-alcohol motifs (C(OH)–C–C–N with tert-alkyl or cyclic N) is 1. The van der Waals surface area contributed by atoms with Crippen LogP contribution in [0.2, 0.25) is 0 Å². The average Bonchev–Trinajstić information content (AvgIpc) is 3.10. The fraction of sp³-hybridized carbons (Fsp3) is 0.500. The SMILES string of the molecule is COc1ccc(-c2nnc(SC[C@H](O)CN3CCOCC3)o2)cc1. The number of thioether (sulfide) groups is 1. The van der Waals surface area contributed by atoms with Gasteiger partial charge in [-0.2, -0.15) is 0 Å². The third-order valence-corrected chi connectivity index (χ3v) is 4.68. The van der Waals surface area contributed by atoms with Gasteiger partial charge in [-0.15, -0.1) is 10.2 Å². The molecule has 1 fully saturated rings. The third kappa shape index (κ3) is 4.70. The van der Waals surface area contributed by atoms with Crippen molar-refractivity contribution in [2.45, 2.75) is 11.3 Å². The van der Waals surface area contributed by atoms with E-state index in [0.717, 1.165) is 37.6 Å². The number of hydrogen-bond acceptors (Lipinski definition) is 8. The van der Waals surface area contributed by atoms with Crippen LogP contribution in [0, 0.1) is 0 Å². The van der Waals surface area contributed by atoms with Crippen LogP contribution in [-0.4, -0.2) is 72.0 Å². The van der Waals surface area contributed by atoms with Gasteiger partial charge in [0.1, 0.15) is 5.75 Å². The fourth-order valence-corrected chi connectivity index (χ4v) is 3.10. The van der Waals surface area contributed by atoms with Crippen LogP contribution in [0.25, 0.3) is 11.5 Å². The van der Waals surface area contributed by atoms with Crippen LogP contribution >= 0.6 is 11.8 Å². The van der Waals surface area contributed by atoms with E-state index >= 15 is 0 Å². The molecular weight excluding hydrogens is 330 g/mol. The summed E-state index contributed by atoms with van der Waals surface area (Å²) in [5.74, 6) is 1.75. The molecule has 1 aromatic heterocycles. The van der Waals surface area contributed by atoms with Gasteiger partial charge in [-0.1, -0.05) is 11.8 Å². The smallest absolute Gasteiger partial charge is 0.276 e. The molecule has 3 rings (SSSR count). The molecule has 1 aliphatic rings. The molecule has 1 N–H and O–H groups in total. The van der Waals surface area contributed by atoms with Crippen molar-refractivity contribution >= 4 is 11.8 Å². The Bertz CT molecular complexity index is 629. The first-order chi connectivity index (χ1) is 11.7. The molecule has 8 heteroatoms. The average molecular weight is 351 g/mol. The predicted molar refractivity (Wildman–Crippen MR) is 90.3 cm³/mol. The van der Waals surface area contributed by atoms with E-state index in [1.807, 2.05) is 24.3 Å². The Morgan fingerprint density at radius 2 is 2.00 bits per heavy atom. The molecule has 1 atom stereocenters. The summed E-state index contributed by atoms with van der Waals surface area (Å²) >= 11 is 1.37. The number of morpholine rings is 1. The van der Waals surface area contributed by atoms with Crippen LogP contribution in [-0.2, 0) is 4.74 Å². The van der Waals surface area contributed by atoms with Crippen molar-refractivity contribution in [3.8, 4) is 17.2 Å². The Labute approximate surface area is 145 Å². The Balaban J connectivity index is 1.49. The minimum atomic E-state index is -0.440. The normalized spacial score (nSPS) is 16.9. The zero-order chi connectivity index (χ0) is 16.8. The van der Waals surface area contributed by atoms with Crippen LogP contribution in [0.4, 0.5) is 0 Å². The highest BCUT2D eigenvalue weighted by atomic mass is 32.2. The molecule has 2 aromatic rings. The maximum absolute atomic E-state index is 10.1. The minimum Gasteiger partial charge on any atom is -0.497 e. The van der Waals surface area contributed by atoms with Crippen molar-refractivity contribution in [1.82, 2.24) is 15.1 Å². The Morgan fingerprint density at radius 1 is 1.25 bits per heavy atom. The molecule has 7 nitrogen and oxygen atoms in total. The standard InChI is InChI=1S/C16H21N3O4S/c1-21-14-4-2-12(3-5-14)15-17-18-16(23-15)24-11-13(20)10-19-6-8-22-9-7-19/h2-5,13,20H,6-11H2,1H3/t13-/m1/s1. The van der Waals surface area contributed by atoms with Gasteiger partial charge in [-0.05, 0) is 24.3 Å². The van der Waals surface area contributed by atoms with E-state index in [9.17, 15) is 5.11 Å². The Hall–Kier alpha value is -1.61. The van der Waals surface area contributed by atoms with Crippen molar-refractivity contribution in [1.29, 1.82) is 0 Å². The van der Waals surface area contributed by atoms with Gasteiger partial charge < -0.3 is 19.0 Å². The van der Waals surface area contributed by atoms with Gasteiger partial charge in [-0.3, -0.25) is 4.90 Å². The number of methoxy groups -OCH3 is 1. The second-order valence-corrected chi connectivity index (χ2v) is 6.45. The van der Waals surface area contributed by atoms with E-state index < -0.39 is 6.10 Å². The lowest BCUT2D eigenvalue weighted by Gasteiger charge is -2.28. The quantitative estimate of drug-likeness (QED) is 0.752.